The summed E-state index contributed by atoms with van der Waals surface area (Å²) in [5, 5.41) is 0. The lowest BCUT2D eigenvalue weighted by molar-refractivity contribution is -0.514. The number of aromatic amines is 1. The molecule has 1 fully saturated rings. The molecule has 5 rings (SSSR count). The normalized spacial score (nSPS) is 16.0. The van der Waals surface area contributed by atoms with Crippen LogP contribution in [0.1, 0.15) is 28.5 Å². The average Bonchev–Trinajstić information content (AvgIpc) is 3.45. The summed E-state index contributed by atoms with van der Waals surface area (Å²) in [6.45, 7) is 1.42. The Morgan fingerprint density at radius 2 is 1.81 bits per heavy atom. The van der Waals surface area contributed by atoms with Crippen molar-refractivity contribution in [3.8, 4) is 11.3 Å². The van der Waals surface area contributed by atoms with Gasteiger partial charge in [-0.3, -0.25) is 4.79 Å². The minimum Gasteiger partial charge on any atom is -0.378 e. The second-order valence-corrected chi connectivity index (χ2v) is 8.53. The lowest BCUT2D eigenvalue weighted by Crippen LogP contribution is -2.37. The summed E-state index contributed by atoms with van der Waals surface area (Å²) >= 11 is 0. The number of aromatic nitrogens is 2. The molecule has 1 amide bonds. The number of anilines is 1. The van der Waals surface area contributed by atoms with E-state index in [2.05, 4.69) is 34.1 Å². The van der Waals surface area contributed by atoms with E-state index >= 15 is 0 Å². The molecule has 32 heavy (non-hydrogen) atoms. The lowest BCUT2D eigenvalue weighted by atomic mass is 9.98. The standard InChI is InChI=1S/C26H25FN4O/c1-29(2)22-12-8-18(9-13-22)20-14-16-30(17-20)26(32)25-28-24(19-6-10-21(27)11-7-19)23-5-3-4-15-31(23)25/h3-13,15,20H,14,16-17H2,1-2H3/p+1. The number of pyridine rings is 1. The van der Waals surface area contributed by atoms with E-state index in [-0.39, 0.29) is 11.7 Å². The highest BCUT2D eigenvalue weighted by Gasteiger charge is 2.34. The first kappa shape index (κ1) is 20.2. The number of amides is 1. The molecule has 0 aliphatic carbocycles. The molecule has 6 heteroatoms. The number of rotatable bonds is 4. The quantitative estimate of drug-likeness (QED) is 0.493. The van der Waals surface area contributed by atoms with Gasteiger partial charge in [0.15, 0.2) is 11.2 Å². The first-order valence-electron chi connectivity index (χ1n) is 10.9. The van der Waals surface area contributed by atoms with Crippen LogP contribution in [-0.4, -0.2) is 43.0 Å². The molecule has 1 aliphatic rings. The Labute approximate surface area is 186 Å². The fraction of sp³-hybridized carbons (Fsp3) is 0.231. The van der Waals surface area contributed by atoms with E-state index in [1.807, 2.05) is 47.8 Å². The van der Waals surface area contributed by atoms with Crippen molar-refractivity contribution in [2.45, 2.75) is 12.3 Å². The number of nitrogens with one attached hydrogen (secondary N) is 1. The number of likely N-dealkylation sites (tertiary alicyclic amines) is 1. The third-order valence-corrected chi connectivity index (χ3v) is 6.29. The van der Waals surface area contributed by atoms with Crippen LogP contribution in [0.25, 0.3) is 16.8 Å². The Morgan fingerprint density at radius 1 is 1.06 bits per heavy atom. The number of carbonyl (C=O) groups is 1. The number of carbonyl (C=O) groups excluding carboxylic acids is 1. The summed E-state index contributed by atoms with van der Waals surface area (Å²) in [6, 6.07) is 20.7. The molecule has 3 heterocycles. The minimum absolute atomic E-state index is 0.0213. The van der Waals surface area contributed by atoms with Crippen LogP contribution < -0.4 is 9.30 Å². The molecule has 2 aromatic carbocycles. The molecule has 1 saturated heterocycles. The van der Waals surface area contributed by atoms with Crippen LogP contribution in [0.4, 0.5) is 10.1 Å². The zero-order valence-electron chi connectivity index (χ0n) is 18.3. The molecule has 1 aliphatic heterocycles. The molecule has 0 spiro atoms. The van der Waals surface area contributed by atoms with Gasteiger partial charge in [0.25, 0.3) is 0 Å². The Kier molecular flexibility index (Phi) is 5.13. The Balaban J connectivity index is 1.42. The summed E-state index contributed by atoms with van der Waals surface area (Å²) in [7, 11) is 4.06. The van der Waals surface area contributed by atoms with E-state index < -0.39 is 0 Å². The number of H-pyrrole nitrogens is 1. The number of hydrogen-bond acceptors (Lipinski definition) is 2. The Morgan fingerprint density at radius 3 is 2.53 bits per heavy atom. The van der Waals surface area contributed by atoms with Crippen molar-refractivity contribution in [3.05, 3.63) is 90.1 Å². The topological polar surface area (TPSA) is 43.4 Å². The largest absolute Gasteiger partial charge is 0.378 e. The smallest absolute Gasteiger partial charge is 0.351 e. The number of hydrogen-bond donors (Lipinski definition) is 1. The van der Waals surface area contributed by atoms with Crippen molar-refractivity contribution in [1.29, 1.82) is 0 Å². The van der Waals surface area contributed by atoms with Crippen molar-refractivity contribution in [3.63, 3.8) is 0 Å². The van der Waals surface area contributed by atoms with Crippen LogP contribution in [0.3, 0.4) is 0 Å². The van der Waals surface area contributed by atoms with Gasteiger partial charge in [0.05, 0.1) is 6.20 Å². The van der Waals surface area contributed by atoms with Crippen LogP contribution in [0.2, 0.25) is 0 Å². The predicted molar refractivity (Wildman–Crippen MR) is 123 cm³/mol. The Hall–Kier alpha value is -3.67. The van der Waals surface area contributed by atoms with Crippen LogP contribution in [-0.2, 0) is 0 Å². The number of halogens is 1. The number of fused-ring (bicyclic) bond motifs is 1. The third kappa shape index (κ3) is 3.62. The van der Waals surface area contributed by atoms with E-state index in [4.69, 9.17) is 0 Å². The summed E-state index contributed by atoms with van der Waals surface area (Å²) in [6.07, 6.45) is 2.83. The number of nitrogens with zero attached hydrogens (tertiary/aromatic N) is 3. The van der Waals surface area contributed by atoms with Crippen LogP contribution in [0.5, 0.6) is 0 Å². The second-order valence-electron chi connectivity index (χ2n) is 8.53. The van der Waals surface area contributed by atoms with Gasteiger partial charge >= 0.3 is 11.7 Å². The van der Waals surface area contributed by atoms with Crippen molar-refractivity contribution in [1.82, 2.24) is 9.88 Å². The van der Waals surface area contributed by atoms with Crippen molar-refractivity contribution in [2.75, 3.05) is 32.1 Å². The maximum atomic E-state index is 13.5. The van der Waals surface area contributed by atoms with Crippen molar-refractivity contribution in [2.24, 2.45) is 0 Å². The monoisotopic (exact) mass is 429 g/mol. The summed E-state index contributed by atoms with van der Waals surface area (Å²) in [5.74, 6) is 0.545. The SMILES string of the molecule is CN(C)c1ccc(C2CCN(C(=O)c3[nH]c(-c4ccc(F)cc4)c4cccc[n+]34)C2)cc1. The first-order valence-corrected chi connectivity index (χ1v) is 10.9. The van der Waals surface area contributed by atoms with Gasteiger partial charge in [-0.05, 0) is 60.5 Å². The van der Waals surface area contributed by atoms with E-state index in [9.17, 15) is 9.18 Å². The molecule has 162 valence electrons. The number of imidazole rings is 1. The highest BCUT2D eigenvalue weighted by Crippen LogP contribution is 2.30. The molecule has 5 nitrogen and oxygen atoms in total. The van der Waals surface area contributed by atoms with E-state index in [0.717, 1.165) is 29.7 Å². The average molecular weight is 430 g/mol. The molecule has 4 aromatic rings. The lowest BCUT2D eigenvalue weighted by Gasteiger charge is -2.16. The zero-order valence-corrected chi connectivity index (χ0v) is 18.3. The maximum absolute atomic E-state index is 13.5. The van der Waals surface area contributed by atoms with Crippen LogP contribution in [0.15, 0.2) is 72.9 Å². The van der Waals surface area contributed by atoms with Crippen molar-refractivity contribution < 1.29 is 13.6 Å². The highest BCUT2D eigenvalue weighted by atomic mass is 19.1. The van der Waals surface area contributed by atoms with E-state index in [1.165, 1.54) is 23.4 Å². The molecule has 2 aromatic heterocycles. The summed E-state index contributed by atoms with van der Waals surface area (Å²) in [4.78, 5) is 20.8. The summed E-state index contributed by atoms with van der Waals surface area (Å²) < 4.78 is 15.3. The predicted octanol–water partition coefficient (Wildman–Crippen LogP) is 4.26. The van der Waals surface area contributed by atoms with Gasteiger partial charge < -0.3 is 9.80 Å². The maximum Gasteiger partial charge on any atom is 0.351 e. The fourth-order valence-corrected chi connectivity index (χ4v) is 4.49. The van der Waals surface area contributed by atoms with Gasteiger partial charge in [0.1, 0.15) is 5.82 Å². The van der Waals surface area contributed by atoms with Gasteiger partial charge in [-0.1, -0.05) is 18.2 Å². The van der Waals surface area contributed by atoms with Gasteiger partial charge in [0, 0.05) is 44.4 Å². The van der Waals surface area contributed by atoms with E-state index in [1.54, 1.807) is 12.1 Å². The van der Waals surface area contributed by atoms with Crippen LogP contribution in [0, 0.1) is 5.82 Å². The Bertz CT molecular complexity index is 1260. The molecule has 1 atom stereocenters. The van der Waals surface area contributed by atoms with Gasteiger partial charge in [-0.25, -0.2) is 9.37 Å². The molecule has 0 radical (unpaired) electrons. The first-order chi connectivity index (χ1) is 15.5. The van der Waals surface area contributed by atoms with Gasteiger partial charge in [-0.2, -0.15) is 4.40 Å². The minimum atomic E-state index is -0.282. The van der Waals surface area contributed by atoms with Gasteiger partial charge in [-0.15, -0.1) is 0 Å². The molecule has 1 N–H and O–H groups in total. The van der Waals surface area contributed by atoms with E-state index in [0.29, 0.717) is 18.3 Å². The molecule has 0 bridgehead atoms. The molecule has 0 saturated carbocycles. The summed E-state index contributed by atoms with van der Waals surface area (Å²) in [5.41, 5.74) is 4.97. The zero-order chi connectivity index (χ0) is 22.2. The van der Waals surface area contributed by atoms with Gasteiger partial charge in [0.2, 0.25) is 0 Å². The van der Waals surface area contributed by atoms with Crippen LogP contribution >= 0.6 is 0 Å². The number of benzene rings is 2. The molecular formula is C26H26FN4O+. The molecule has 1 unspecified atom stereocenters. The second kappa shape index (κ2) is 8.11. The fourth-order valence-electron chi connectivity index (χ4n) is 4.49. The molecular weight excluding hydrogens is 403 g/mol. The highest BCUT2D eigenvalue weighted by molar-refractivity contribution is 5.91. The van der Waals surface area contributed by atoms with Crippen molar-refractivity contribution >= 4 is 17.1 Å². The third-order valence-electron chi connectivity index (χ3n) is 6.29.